The predicted octanol–water partition coefficient (Wildman–Crippen LogP) is 1.67. The number of rotatable bonds is 7. The minimum atomic E-state index is 0.242. The van der Waals surface area contributed by atoms with Crippen LogP contribution in [0.25, 0.3) is 11.2 Å². The Kier molecular flexibility index (Phi) is 5.61. The summed E-state index contributed by atoms with van der Waals surface area (Å²) < 4.78 is 7.66. The van der Waals surface area contributed by atoms with Gasteiger partial charge in [0.2, 0.25) is 11.9 Å². The van der Waals surface area contributed by atoms with E-state index in [0.29, 0.717) is 19.6 Å². The van der Waals surface area contributed by atoms with Crippen molar-refractivity contribution in [2.45, 2.75) is 39.2 Å². The van der Waals surface area contributed by atoms with E-state index in [4.69, 9.17) is 9.72 Å². The van der Waals surface area contributed by atoms with Crippen LogP contribution in [0.5, 0.6) is 0 Å². The molecule has 0 atom stereocenters. The van der Waals surface area contributed by atoms with E-state index in [1.165, 1.54) is 0 Å². The fourth-order valence-corrected chi connectivity index (χ4v) is 3.91. The highest BCUT2D eigenvalue weighted by Crippen LogP contribution is 2.29. The summed E-state index contributed by atoms with van der Waals surface area (Å²) in [6.07, 6.45) is 4.16. The van der Waals surface area contributed by atoms with E-state index in [9.17, 15) is 4.79 Å². The van der Waals surface area contributed by atoms with Gasteiger partial charge >= 0.3 is 0 Å². The molecule has 2 aromatic heterocycles. The second-order valence-electron chi connectivity index (χ2n) is 7.63. The molecular weight excluding hydrogens is 358 g/mol. The van der Waals surface area contributed by atoms with E-state index in [0.717, 1.165) is 68.5 Å². The summed E-state index contributed by atoms with van der Waals surface area (Å²) in [6.45, 7) is 9.81. The number of amides is 1. The van der Waals surface area contributed by atoms with Gasteiger partial charge in [-0.1, -0.05) is 0 Å². The third kappa shape index (κ3) is 3.76. The lowest BCUT2D eigenvalue weighted by Crippen LogP contribution is -2.38. The molecule has 2 aliphatic rings. The molecule has 2 fully saturated rings. The average Bonchev–Trinajstić information content (AvgIpc) is 3.29. The number of hydrogen-bond acceptors (Lipinski definition) is 7. The smallest absolute Gasteiger partial charge is 0.222 e. The van der Waals surface area contributed by atoms with Gasteiger partial charge in [0.1, 0.15) is 6.33 Å². The number of fused-ring (bicyclic) bond motifs is 1. The first-order valence-electron chi connectivity index (χ1n) is 10.2. The SMILES string of the molecule is CC(C)n1c(N2CCOCC2)nc2c(NCCCN3CCCC3=O)ncnc21. The van der Waals surface area contributed by atoms with Crippen LogP contribution < -0.4 is 10.2 Å². The largest absolute Gasteiger partial charge is 0.378 e. The molecule has 9 nitrogen and oxygen atoms in total. The van der Waals surface area contributed by atoms with Crippen LogP contribution in [0.2, 0.25) is 0 Å². The number of aromatic nitrogens is 4. The highest BCUT2D eigenvalue weighted by Gasteiger charge is 2.23. The summed E-state index contributed by atoms with van der Waals surface area (Å²) in [4.78, 5) is 29.8. The van der Waals surface area contributed by atoms with Gasteiger partial charge in [0.25, 0.3) is 0 Å². The van der Waals surface area contributed by atoms with Crippen molar-refractivity contribution >= 4 is 28.8 Å². The second-order valence-corrected chi connectivity index (χ2v) is 7.63. The number of morpholine rings is 1. The Balaban J connectivity index is 1.51. The number of imidazole rings is 1. The molecule has 9 heteroatoms. The molecule has 2 aliphatic heterocycles. The summed E-state index contributed by atoms with van der Waals surface area (Å²) in [5.41, 5.74) is 1.65. The summed E-state index contributed by atoms with van der Waals surface area (Å²) in [5, 5.41) is 3.40. The predicted molar refractivity (Wildman–Crippen MR) is 108 cm³/mol. The molecular formula is C19H29N7O2. The molecule has 0 aliphatic carbocycles. The Hall–Kier alpha value is -2.42. The van der Waals surface area contributed by atoms with Crippen LogP contribution in [0.15, 0.2) is 6.33 Å². The van der Waals surface area contributed by atoms with Crippen molar-refractivity contribution in [3.8, 4) is 0 Å². The zero-order valence-corrected chi connectivity index (χ0v) is 16.7. The Morgan fingerprint density at radius 3 is 2.75 bits per heavy atom. The van der Waals surface area contributed by atoms with E-state index >= 15 is 0 Å². The zero-order chi connectivity index (χ0) is 19.5. The first-order valence-corrected chi connectivity index (χ1v) is 10.2. The van der Waals surface area contributed by atoms with Gasteiger partial charge in [0.15, 0.2) is 17.0 Å². The van der Waals surface area contributed by atoms with Crippen LogP contribution >= 0.6 is 0 Å². The minimum Gasteiger partial charge on any atom is -0.378 e. The fraction of sp³-hybridized carbons (Fsp3) is 0.684. The third-order valence-corrected chi connectivity index (χ3v) is 5.34. The van der Waals surface area contributed by atoms with E-state index in [-0.39, 0.29) is 11.9 Å². The van der Waals surface area contributed by atoms with Crippen molar-refractivity contribution in [3.05, 3.63) is 6.33 Å². The molecule has 0 saturated carbocycles. The van der Waals surface area contributed by atoms with Gasteiger partial charge in [-0.05, 0) is 26.7 Å². The van der Waals surface area contributed by atoms with E-state index in [1.54, 1.807) is 6.33 Å². The maximum atomic E-state index is 11.7. The number of ether oxygens (including phenoxy) is 1. The molecule has 28 heavy (non-hydrogen) atoms. The van der Waals surface area contributed by atoms with Crippen LogP contribution in [0.1, 0.15) is 39.2 Å². The number of carbonyl (C=O) groups is 1. The zero-order valence-electron chi connectivity index (χ0n) is 16.7. The summed E-state index contributed by atoms with van der Waals surface area (Å²) in [7, 11) is 0. The molecule has 0 bridgehead atoms. The van der Waals surface area contributed by atoms with Crippen molar-refractivity contribution in [2.24, 2.45) is 0 Å². The van der Waals surface area contributed by atoms with Crippen molar-refractivity contribution in [3.63, 3.8) is 0 Å². The lowest BCUT2D eigenvalue weighted by Gasteiger charge is -2.29. The fourth-order valence-electron chi connectivity index (χ4n) is 3.91. The van der Waals surface area contributed by atoms with Crippen LogP contribution in [0, 0.1) is 0 Å². The van der Waals surface area contributed by atoms with Crippen LogP contribution in [0.3, 0.4) is 0 Å². The van der Waals surface area contributed by atoms with Gasteiger partial charge in [0, 0.05) is 45.2 Å². The lowest BCUT2D eigenvalue weighted by molar-refractivity contribution is -0.127. The summed E-state index contributed by atoms with van der Waals surface area (Å²) >= 11 is 0. The Morgan fingerprint density at radius 2 is 2.04 bits per heavy atom. The standard InChI is InChI=1S/C19H29N7O2/c1-14(2)26-18-16(23-19(26)25-9-11-28-12-10-25)17(21-13-22-18)20-6-4-8-24-7-3-5-15(24)27/h13-14H,3-12H2,1-2H3,(H,20,21,22). The number of nitrogens with one attached hydrogen (secondary N) is 1. The number of likely N-dealkylation sites (tertiary alicyclic amines) is 1. The highest BCUT2D eigenvalue weighted by molar-refractivity contribution is 5.85. The molecule has 2 saturated heterocycles. The molecule has 0 spiro atoms. The average molecular weight is 387 g/mol. The maximum absolute atomic E-state index is 11.7. The third-order valence-electron chi connectivity index (χ3n) is 5.34. The molecule has 4 rings (SSSR count). The second kappa shape index (κ2) is 8.30. The van der Waals surface area contributed by atoms with Gasteiger partial charge in [0.05, 0.1) is 13.2 Å². The van der Waals surface area contributed by atoms with Gasteiger partial charge in [-0.3, -0.25) is 9.36 Å². The van der Waals surface area contributed by atoms with E-state index in [2.05, 4.69) is 38.6 Å². The minimum absolute atomic E-state index is 0.242. The molecule has 152 valence electrons. The van der Waals surface area contributed by atoms with Crippen LogP contribution in [-0.2, 0) is 9.53 Å². The van der Waals surface area contributed by atoms with Gasteiger partial charge in [-0.2, -0.15) is 0 Å². The number of hydrogen-bond donors (Lipinski definition) is 1. The van der Waals surface area contributed by atoms with Crippen molar-refractivity contribution in [1.29, 1.82) is 0 Å². The summed E-state index contributed by atoms with van der Waals surface area (Å²) in [5.74, 6) is 1.96. The summed E-state index contributed by atoms with van der Waals surface area (Å²) in [6, 6.07) is 0.242. The Labute approximate surface area is 165 Å². The normalized spacial score (nSPS) is 17.9. The quantitative estimate of drug-likeness (QED) is 0.723. The van der Waals surface area contributed by atoms with E-state index < -0.39 is 0 Å². The molecule has 0 aromatic carbocycles. The number of carbonyl (C=O) groups excluding carboxylic acids is 1. The van der Waals surface area contributed by atoms with Crippen molar-refractivity contribution in [1.82, 2.24) is 24.4 Å². The highest BCUT2D eigenvalue weighted by atomic mass is 16.5. The van der Waals surface area contributed by atoms with Crippen LogP contribution in [0.4, 0.5) is 11.8 Å². The number of anilines is 2. The lowest BCUT2D eigenvalue weighted by atomic mass is 10.3. The van der Waals surface area contributed by atoms with Gasteiger partial charge in [-0.25, -0.2) is 15.0 Å². The van der Waals surface area contributed by atoms with Crippen LogP contribution in [-0.4, -0.2) is 76.3 Å². The van der Waals surface area contributed by atoms with Crippen molar-refractivity contribution in [2.75, 3.05) is 56.2 Å². The molecule has 1 N–H and O–H groups in total. The van der Waals surface area contributed by atoms with Gasteiger partial charge in [-0.15, -0.1) is 0 Å². The maximum Gasteiger partial charge on any atom is 0.222 e. The molecule has 0 radical (unpaired) electrons. The van der Waals surface area contributed by atoms with E-state index in [1.807, 2.05) is 4.90 Å². The van der Waals surface area contributed by atoms with Crippen molar-refractivity contribution < 1.29 is 9.53 Å². The molecule has 4 heterocycles. The Bertz CT molecular complexity index is 829. The van der Waals surface area contributed by atoms with Gasteiger partial charge < -0.3 is 19.9 Å². The first-order chi connectivity index (χ1) is 13.6. The monoisotopic (exact) mass is 387 g/mol. The topological polar surface area (TPSA) is 88.4 Å². The molecule has 1 amide bonds. The first kappa shape index (κ1) is 18.9. The Morgan fingerprint density at radius 1 is 1.21 bits per heavy atom. The molecule has 0 unspecified atom stereocenters. The number of nitrogens with zero attached hydrogens (tertiary/aromatic N) is 6. The molecule has 2 aromatic rings.